The van der Waals surface area contributed by atoms with E-state index in [0.29, 0.717) is 5.52 Å². The van der Waals surface area contributed by atoms with Gasteiger partial charge in [-0.3, -0.25) is 9.59 Å². The average Bonchev–Trinajstić information content (AvgIpc) is 2.41. The first-order valence-electron chi connectivity index (χ1n) is 4.48. The number of fused-ring (bicyclic) bond motifs is 1. The standard InChI is InChI=1S/C11H7NO4/c13-6-1-3-7-8(4-2-6)12-9(11(15)16)5-10(7)14/h1-5H,(H,12,14)(H,15,16). The van der Waals surface area contributed by atoms with Gasteiger partial charge in [0.25, 0.3) is 0 Å². The number of carboxylic acid groups (broad SMARTS) is 1. The van der Waals surface area contributed by atoms with Gasteiger partial charge in [0.1, 0.15) is 5.69 Å². The number of aromatic amines is 1. The first kappa shape index (κ1) is 10.1. The van der Waals surface area contributed by atoms with Crippen LogP contribution in [0, 0.1) is 0 Å². The summed E-state index contributed by atoms with van der Waals surface area (Å²) in [5.41, 5.74) is -0.550. The van der Waals surface area contributed by atoms with E-state index in [1.807, 2.05) is 0 Å². The van der Waals surface area contributed by atoms with Crippen LogP contribution in [0.3, 0.4) is 0 Å². The summed E-state index contributed by atoms with van der Waals surface area (Å²) in [6.07, 6.45) is 0. The molecule has 0 fully saturated rings. The quantitative estimate of drug-likeness (QED) is 0.731. The molecule has 2 rings (SSSR count). The lowest BCUT2D eigenvalue weighted by Crippen LogP contribution is -2.08. The fourth-order valence-corrected chi connectivity index (χ4v) is 1.40. The Balaban J connectivity index is 2.94. The molecule has 1 heterocycles. The Morgan fingerprint density at radius 3 is 2.50 bits per heavy atom. The molecular formula is C11H7NO4. The van der Waals surface area contributed by atoms with Crippen LogP contribution in [0.2, 0.25) is 0 Å². The summed E-state index contributed by atoms with van der Waals surface area (Å²) < 4.78 is 0. The third-order valence-electron chi connectivity index (χ3n) is 2.16. The fraction of sp³-hybridized carbons (Fsp3) is 0. The van der Waals surface area contributed by atoms with Crippen molar-refractivity contribution in [2.24, 2.45) is 0 Å². The Labute approximate surface area is 89.0 Å². The summed E-state index contributed by atoms with van der Waals surface area (Å²) in [5, 5.41) is 9.04. The van der Waals surface area contributed by atoms with Crippen molar-refractivity contribution < 1.29 is 9.90 Å². The van der Waals surface area contributed by atoms with E-state index in [4.69, 9.17) is 5.11 Å². The number of hydrogen-bond donors (Lipinski definition) is 2. The van der Waals surface area contributed by atoms with Gasteiger partial charge in [-0.05, 0) is 24.3 Å². The van der Waals surface area contributed by atoms with Gasteiger partial charge in [0.15, 0.2) is 10.9 Å². The fourth-order valence-electron chi connectivity index (χ4n) is 1.40. The molecule has 2 N–H and O–H groups in total. The molecule has 0 aliphatic rings. The van der Waals surface area contributed by atoms with Crippen LogP contribution in [0.5, 0.6) is 0 Å². The maximum atomic E-state index is 11.6. The van der Waals surface area contributed by atoms with Crippen molar-refractivity contribution in [1.29, 1.82) is 0 Å². The van der Waals surface area contributed by atoms with Crippen molar-refractivity contribution in [1.82, 2.24) is 4.98 Å². The molecule has 80 valence electrons. The third kappa shape index (κ3) is 1.70. The number of H-pyrrole nitrogens is 1. The molecule has 0 bridgehead atoms. The second kappa shape index (κ2) is 3.62. The lowest BCUT2D eigenvalue weighted by Gasteiger charge is -1.96. The normalized spacial score (nSPS) is 10.2. The Hall–Kier alpha value is -2.43. The highest BCUT2D eigenvalue weighted by molar-refractivity contribution is 5.89. The molecule has 1 aromatic heterocycles. The van der Waals surface area contributed by atoms with E-state index in [9.17, 15) is 14.4 Å². The molecule has 0 spiro atoms. The molecule has 5 heteroatoms. The summed E-state index contributed by atoms with van der Waals surface area (Å²) >= 11 is 0. The zero-order chi connectivity index (χ0) is 11.7. The molecule has 0 aliphatic heterocycles. The topological polar surface area (TPSA) is 87.2 Å². The van der Waals surface area contributed by atoms with Crippen LogP contribution in [-0.2, 0) is 0 Å². The Morgan fingerprint density at radius 1 is 1.12 bits per heavy atom. The van der Waals surface area contributed by atoms with Gasteiger partial charge in [-0.25, -0.2) is 4.79 Å². The molecule has 0 saturated heterocycles. The molecule has 0 unspecified atom stereocenters. The van der Waals surface area contributed by atoms with E-state index in [-0.39, 0.29) is 16.5 Å². The highest BCUT2D eigenvalue weighted by Gasteiger charge is 2.06. The van der Waals surface area contributed by atoms with Gasteiger partial charge in [-0.15, -0.1) is 0 Å². The largest absolute Gasteiger partial charge is 0.477 e. The lowest BCUT2D eigenvalue weighted by atomic mass is 10.2. The zero-order valence-corrected chi connectivity index (χ0v) is 8.06. The van der Waals surface area contributed by atoms with Crippen LogP contribution in [0.4, 0.5) is 0 Å². The molecule has 5 nitrogen and oxygen atoms in total. The number of pyridine rings is 1. The number of rotatable bonds is 1. The zero-order valence-electron chi connectivity index (χ0n) is 8.06. The average molecular weight is 217 g/mol. The van der Waals surface area contributed by atoms with Crippen molar-refractivity contribution in [3.63, 3.8) is 0 Å². The van der Waals surface area contributed by atoms with Gasteiger partial charge >= 0.3 is 5.97 Å². The smallest absolute Gasteiger partial charge is 0.352 e. The molecule has 0 aliphatic carbocycles. The van der Waals surface area contributed by atoms with E-state index in [0.717, 1.165) is 6.07 Å². The van der Waals surface area contributed by atoms with E-state index in [1.54, 1.807) is 0 Å². The lowest BCUT2D eigenvalue weighted by molar-refractivity contribution is 0.0691. The summed E-state index contributed by atoms with van der Waals surface area (Å²) in [4.78, 5) is 35.9. The molecule has 0 atom stereocenters. The van der Waals surface area contributed by atoms with Gasteiger partial charge < -0.3 is 10.1 Å². The monoisotopic (exact) mass is 217 g/mol. The first-order valence-corrected chi connectivity index (χ1v) is 4.48. The van der Waals surface area contributed by atoms with Gasteiger partial charge in [0.05, 0.1) is 5.52 Å². The predicted molar refractivity (Wildman–Crippen MR) is 57.8 cm³/mol. The van der Waals surface area contributed by atoms with Crippen molar-refractivity contribution in [3.05, 3.63) is 56.5 Å². The second-order valence-corrected chi connectivity index (χ2v) is 3.25. The van der Waals surface area contributed by atoms with Crippen LogP contribution in [0.25, 0.3) is 10.9 Å². The molecule has 0 amide bonds. The SMILES string of the molecule is O=C(O)c1cc(=O)c2ccc(=O)ccc2[nH]1. The Morgan fingerprint density at radius 2 is 1.81 bits per heavy atom. The molecular weight excluding hydrogens is 210 g/mol. The van der Waals surface area contributed by atoms with Crippen LogP contribution in [0.15, 0.2) is 39.9 Å². The van der Waals surface area contributed by atoms with Crippen molar-refractivity contribution in [2.45, 2.75) is 0 Å². The first-order chi connectivity index (χ1) is 7.58. The minimum absolute atomic E-state index is 0.198. The number of carbonyl (C=O) groups is 1. The predicted octanol–water partition coefficient (Wildman–Crippen LogP) is 0.586. The van der Waals surface area contributed by atoms with E-state index >= 15 is 0 Å². The number of aromatic nitrogens is 1. The van der Waals surface area contributed by atoms with Crippen molar-refractivity contribution in [2.75, 3.05) is 0 Å². The Bertz CT molecular complexity index is 687. The molecule has 0 radical (unpaired) electrons. The summed E-state index contributed by atoms with van der Waals surface area (Å²) in [7, 11) is 0. The highest BCUT2D eigenvalue weighted by atomic mass is 16.4. The van der Waals surface area contributed by atoms with Gasteiger partial charge in [0.2, 0.25) is 0 Å². The number of carboxylic acids is 1. The van der Waals surface area contributed by atoms with Gasteiger partial charge in [-0.1, -0.05) is 0 Å². The van der Waals surface area contributed by atoms with Crippen LogP contribution < -0.4 is 10.9 Å². The van der Waals surface area contributed by atoms with E-state index < -0.39 is 11.4 Å². The maximum Gasteiger partial charge on any atom is 0.352 e. The van der Waals surface area contributed by atoms with Crippen LogP contribution >= 0.6 is 0 Å². The molecule has 0 saturated carbocycles. The third-order valence-corrected chi connectivity index (χ3v) is 2.16. The minimum atomic E-state index is -1.21. The second-order valence-electron chi connectivity index (χ2n) is 3.25. The summed E-state index contributed by atoms with van der Waals surface area (Å²) in [6.45, 7) is 0. The van der Waals surface area contributed by atoms with E-state index in [1.165, 1.54) is 24.3 Å². The van der Waals surface area contributed by atoms with Crippen LogP contribution in [0.1, 0.15) is 10.5 Å². The van der Waals surface area contributed by atoms with Crippen LogP contribution in [-0.4, -0.2) is 16.1 Å². The summed E-state index contributed by atoms with van der Waals surface area (Å²) in [5.74, 6) is -1.21. The van der Waals surface area contributed by atoms with Crippen molar-refractivity contribution >= 4 is 16.9 Å². The van der Waals surface area contributed by atoms with Crippen molar-refractivity contribution in [3.8, 4) is 0 Å². The van der Waals surface area contributed by atoms with Gasteiger partial charge in [0, 0.05) is 11.5 Å². The minimum Gasteiger partial charge on any atom is -0.477 e. The highest BCUT2D eigenvalue weighted by Crippen LogP contribution is 2.04. The maximum absolute atomic E-state index is 11.6. The Kier molecular flexibility index (Phi) is 2.28. The molecule has 16 heavy (non-hydrogen) atoms. The van der Waals surface area contributed by atoms with Gasteiger partial charge in [-0.2, -0.15) is 0 Å². The number of aromatic carboxylic acids is 1. The summed E-state index contributed by atoms with van der Waals surface area (Å²) in [6, 6.07) is 6.30. The molecule has 1 aromatic carbocycles. The van der Waals surface area contributed by atoms with E-state index in [2.05, 4.69) is 4.98 Å². The number of nitrogens with one attached hydrogen (secondary N) is 1. The number of hydrogen-bond acceptors (Lipinski definition) is 3. The molecule has 2 aromatic rings.